The van der Waals surface area contributed by atoms with Gasteiger partial charge < -0.3 is 20.7 Å². The lowest BCUT2D eigenvalue weighted by Gasteiger charge is -2.27. The number of anilines is 2. The molecule has 1 aliphatic rings. The first-order valence-corrected chi connectivity index (χ1v) is 7.70. The van der Waals surface area contributed by atoms with Crippen molar-refractivity contribution in [3.05, 3.63) is 18.2 Å². The molecular weight excluding hydrogens is 280 g/mol. The summed E-state index contributed by atoms with van der Waals surface area (Å²) >= 11 is 0. The van der Waals surface area contributed by atoms with Gasteiger partial charge in [0.15, 0.2) is 0 Å². The van der Waals surface area contributed by atoms with Crippen LogP contribution in [-0.2, 0) is 4.74 Å². The number of ether oxygens (including phenoxy) is 1. The maximum atomic E-state index is 10.5. The normalized spacial score (nSPS) is 14.6. The number of pyridine rings is 1. The molecule has 0 aromatic carbocycles. The van der Waals surface area contributed by atoms with Crippen LogP contribution in [0.5, 0.6) is 0 Å². The Morgan fingerprint density at radius 3 is 2.36 bits per heavy atom. The molecule has 2 heterocycles. The molecule has 1 saturated heterocycles. The molecule has 0 unspecified atom stereocenters. The fraction of sp³-hybridized carbons (Fsp3) is 0.625. The molecule has 0 aliphatic carbocycles. The maximum Gasteiger partial charge on any atom is 0.407 e. The molecular formula is C16H28N4O2. The average molecular weight is 308 g/mol. The Bertz CT molecular complexity index is 465. The summed E-state index contributed by atoms with van der Waals surface area (Å²) in [5, 5.41) is 2.36. The van der Waals surface area contributed by atoms with Gasteiger partial charge in [-0.1, -0.05) is 6.07 Å². The van der Waals surface area contributed by atoms with E-state index in [1.165, 1.54) is 26.3 Å². The SMILES string of the molecule is CNC(=O)OC(C)(C)C.Nc1cccc(N2CCCCC2)n1. The van der Waals surface area contributed by atoms with Crippen molar-refractivity contribution >= 4 is 17.7 Å². The second-order valence-corrected chi connectivity index (χ2v) is 6.22. The minimum Gasteiger partial charge on any atom is -0.444 e. The van der Waals surface area contributed by atoms with E-state index in [0.717, 1.165) is 18.9 Å². The van der Waals surface area contributed by atoms with Gasteiger partial charge in [-0.05, 0) is 52.2 Å². The van der Waals surface area contributed by atoms with Gasteiger partial charge in [-0.15, -0.1) is 0 Å². The summed E-state index contributed by atoms with van der Waals surface area (Å²) < 4.78 is 4.84. The molecule has 0 atom stereocenters. The highest BCUT2D eigenvalue weighted by Gasteiger charge is 2.14. The standard InChI is InChI=1S/C10H15N3.C6H13NO2/c11-9-5-4-6-10(12-9)13-7-2-1-3-8-13;1-6(2,3)9-5(8)7-4/h4-6H,1-3,7-8H2,(H2,11,12);1-4H3,(H,7,8). The van der Waals surface area contributed by atoms with Crippen molar-refractivity contribution in [1.82, 2.24) is 10.3 Å². The number of rotatable bonds is 1. The van der Waals surface area contributed by atoms with Gasteiger partial charge in [-0.3, -0.25) is 0 Å². The molecule has 1 aliphatic heterocycles. The van der Waals surface area contributed by atoms with Crippen LogP contribution in [0.1, 0.15) is 40.0 Å². The quantitative estimate of drug-likeness (QED) is 0.834. The summed E-state index contributed by atoms with van der Waals surface area (Å²) in [6, 6.07) is 5.82. The Hall–Kier alpha value is -1.98. The molecule has 1 aromatic rings. The van der Waals surface area contributed by atoms with Crippen LogP contribution in [0.25, 0.3) is 0 Å². The molecule has 0 spiro atoms. The lowest BCUT2D eigenvalue weighted by atomic mass is 10.1. The lowest BCUT2D eigenvalue weighted by Crippen LogP contribution is -2.30. The van der Waals surface area contributed by atoms with Crippen LogP contribution in [0.3, 0.4) is 0 Å². The van der Waals surface area contributed by atoms with Crippen LogP contribution >= 0.6 is 0 Å². The zero-order chi connectivity index (χ0) is 16.6. The third-order valence-electron chi connectivity index (χ3n) is 3.04. The van der Waals surface area contributed by atoms with Crippen LogP contribution in [-0.4, -0.2) is 36.8 Å². The van der Waals surface area contributed by atoms with Gasteiger partial charge in [0.05, 0.1) is 0 Å². The Labute approximate surface area is 133 Å². The number of carbonyl (C=O) groups is 1. The second-order valence-electron chi connectivity index (χ2n) is 6.22. The molecule has 124 valence electrons. The van der Waals surface area contributed by atoms with Gasteiger partial charge in [-0.2, -0.15) is 0 Å². The Morgan fingerprint density at radius 1 is 1.27 bits per heavy atom. The number of hydrogen-bond donors (Lipinski definition) is 2. The average Bonchev–Trinajstić information content (AvgIpc) is 2.47. The molecule has 2 rings (SSSR count). The van der Waals surface area contributed by atoms with Crippen molar-refractivity contribution in [1.29, 1.82) is 0 Å². The number of nitrogens with two attached hydrogens (primary N) is 1. The van der Waals surface area contributed by atoms with Crippen molar-refractivity contribution < 1.29 is 9.53 Å². The molecule has 6 nitrogen and oxygen atoms in total. The summed E-state index contributed by atoms with van der Waals surface area (Å²) in [6.07, 6.45) is 3.51. The Kier molecular flexibility index (Phi) is 6.95. The van der Waals surface area contributed by atoms with E-state index in [9.17, 15) is 4.79 Å². The van der Waals surface area contributed by atoms with Crippen LogP contribution in [0.15, 0.2) is 18.2 Å². The number of carbonyl (C=O) groups excluding carboxylic acids is 1. The van der Waals surface area contributed by atoms with E-state index < -0.39 is 0 Å². The molecule has 3 N–H and O–H groups in total. The van der Waals surface area contributed by atoms with Crippen molar-refractivity contribution in [2.45, 2.75) is 45.6 Å². The van der Waals surface area contributed by atoms with Crippen LogP contribution in [0.4, 0.5) is 16.4 Å². The highest BCUT2D eigenvalue weighted by molar-refractivity contribution is 5.67. The van der Waals surface area contributed by atoms with E-state index in [1.54, 1.807) is 0 Å². The van der Waals surface area contributed by atoms with Gasteiger partial charge >= 0.3 is 6.09 Å². The van der Waals surface area contributed by atoms with Crippen LogP contribution < -0.4 is 16.0 Å². The largest absolute Gasteiger partial charge is 0.444 e. The van der Waals surface area contributed by atoms with Gasteiger partial charge in [0, 0.05) is 20.1 Å². The van der Waals surface area contributed by atoms with Crippen LogP contribution in [0, 0.1) is 0 Å². The summed E-state index contributed by atoms with van der Waals surface area (Å²) in [5.74, 6) is 1.64. The number of amides is 1. The van der Waals surface area contributed by atoms with Gasteiger partial charge in [0.2, 0.25) is 0 Å². The summed E-state index contributed by atoms with van der Waals surface area (Å²) in [4.78, 5) is 17.1. The fourth-order valence-electron chi connectivity index (χ4n) is 2.07. The number of hydrogen-bond acceptors (Lipinski definition) is 5. The summed E-state index contributed by atoms with van der Waals surface area (Å²) in [5.41, 5.74) is 5.24. The Morgan fingerprint density at radius 2 is 1.91 bits per heavy atom. The first-order valence-electron chi connectivity index (χ1n) is 7.70. The minimum absolute atomic E-state index is 0.387. The van der Waals surface area contributed by atoms with Crippen molar-refractivity contribution in [3.63, 3.8) is 0 Å². The molecule has 0 bridgehead atoms. The van der Waals surface area contributed by atoms with Crippen molar-refractivity contribution in [2.24, 2.45) is 0 Å². The van der Waals surface area contributed by atoms with E-state index >= 15 is 0 Å². The maximum absolute atomic E-state index is 10.5. The number of alkyl carbamates (subject to hydrolysis) is 1. The topological polar surface area (TPSA) is 80.5 Å². The zero-order valence-corrected chi connectivity index (χ0v) is 14.1. The highest BCUT2D eigenvalue weighted by Crippen LogP contribution is 2.17. The highest BCUT2D eigenvalue weighted by atomic mass is 16.6. The number of piperidine rings is 1. The fourth-order valence-corrected chi connectivity index (χ4v) is 2.07. The molecule has 0 saturated carbocycles. The first kappa shape index (κ1) is 18.1. The molecule has 1 aromatic heterocycles. The predicted octanol–water partition coefficient (Wildman–Crippen LogP) is 2.80. The molecule has 1 amide bonds. The second kappa shape index (κ2) is 8.46. The monoisotopic (exact) mass is 308 g/mol. The number of aromatic nitrogens is 1. The zero-order valence-electron chi connectivity index (χ0n) is 14.1. The van der Waals surface area contributed by atoms with E-state index in [4.69, 9.17) is 10.5 Å². The Balaban J connectivity index is 0.000000239. The van der Waals surface area contributed by atoms with Gasteiger partial charge in [-0.25, -0.2) is 9.78 Å². The first-order chi connectivity index (χ1) is 10.3. The van der Waals surface area contributed by atoms with Crippen molar-refractivity contribution in [3.8, 4) is 0 Å². The lowest BCUT2D eigenvalue weighted by molar-refractivity contribution is 0.0541. The minimum atomic E-state index is -0.389. The van der Waals surface area contributed by atoms with E-state index in [1.807, 2.05) is 39.0 Å². The molecule has 0 radical (unpaired) electrons. The van der Waals surface area contributed by atoms with Gasteiger partial charge in [0.1, 0.15) is 17.2 Å². The van der Waals surface area contributed by atoms with Gasteiger partial charge in [0.25, 0.3) is 0 Å². The third kappa shape index (κ3) is 7.15. The molecule has 22 heavy (non-hydrogen) atoms. The number of nitrogens with one attached hydrogen (secondary N) is 1. The number of nitrogens with zero attached hydrogens (tertiary/aromatic N) is 2. The predicted molar refractivity (Wildman–Crippen MR) is 90.0 cm³/mol. The third-order valence-corrected chi connectivity index (χ3v) is 3.04. The number of nitrogen functional groups attached to an aromatic ring is 1. The smallest absolute Gasteiger partial charge is 0.407 e. The van der Waals surface area contributed by atoms with Crippen molar-refractivity contribution in [2.75, 3.05) is 30.8 Å². The summed E-state index contributed by atoms with van der Waals surface area (Å²) in [6.45, 7) is 7.71. The summed E-state index contributed by atoms with van der Waals surface area (Å²) in [7, 11) is 1.54. The van der Waals surface area contributed by atoms with E-state index in [2.05, 4.69) is 15.2 Å². The van der Waals surface area contributed by atoms with E-state index in [-0.39, 0.29) is 11.7 Å². The van der Waals surface area contributed by atoms with E-state index in [0.29, 0.717) is 5.82 Å². The van der Waals surface area contributed by atoms with Crippen LogP contribution in [0.2, 0.25) is 0 Å². The molecule has 1 fully saturated rings. The molecule has 6 heteroatoms.